The minimum Gasteiger partial charge on any atom is -0.497 e. The van der Waals surface area contributed by atoms with Gasteiger partial charge in [0.1, 0.15) is 24.2 Å². The number of sulfonamides is 1. The highest BCUT2D eigenvalue weighted by atomic mass is 32.2. The number of methoxy groups -OCH3 is 1. The molecule has 0 unspecified atom stereocenters. The molecule has 0 saturated carbocycles. The van der Waals surface area contributed by atoms with Crippen LogP contribution < -0.4 is 14.4 Å². The van der Waals surface area contributed by atoms with E-state index in [0.717, 1.165) is 16.1 Å². The Hall–Kier alpha value is -3.92. The van der Waals surface area contributed by atoms with E-state index in [9.17, 15) is 22.4 Å². The van der Waals surface area contributed by atoms with Crippen molar-refractivity contribution in [2.24, 2.45) is 0 Å². The van der Waals surface area contributed by atoms with Gasteiger partial charge >= 0.3 is 0 Å². The molecule has 0 aliphatic heterocycles. The molecular weight excluding hydrogens is 521 g/mol. The molecule has 3 aromatic rings. The number of nitrogens with one attached hydrogen (secondary N) is 1. The van der Waals surface area contributed by atoms with Crippen LogP contribution in [0.2, 0.25) is 0 Å². The van der Waals surface area contributed by atoms with Crippen molar-refractivity contribution in [1.29, 1.82) is 0 Å². The quantitative estimate of drug-likeness (QED) is 0.347. The minimum atomic E-state index is -3.92. The van der Waals surface area contributed by atoms with E-state index in [4.69, 9.17) is 4.74 Å². The summed E-state index contributed by atoms with van der Waals surface area (Å²) in [7, 11) is -2.46. The second-order valence-corrected chi connectivity index (χ2v) is 11.0. The molecule has 208 valence electrons. The van der Waals surface area contributed by atoms with Crippen molar-refractivity contribution < 1.29 is 27.1 Å². The predicted molar refractivity (Wildman–Crippen MR) is 149 cm³/mol. The Balaban J connectivity index is 2.05. The molecule has 8 nitrogen and oxygen atoms in total. The first-order chi connectivity index (χ1) is 18.6. The third-order valence-corrected chi connectivity index (χ3v) is 7.28. The molecule has 0 spiro atoms. The van der Waals surface area contributed by atoms with Crippen LogP contribution in [-0.4, -0.2) is 57.6 Å². The van der Waals surface area contributed by atoms with Crippen LogP contribution in [0.1, 0.15) is 24.5 Å². The van der Waals surface area contributed by atoms with E-state index in [2.05, 4.69) is 5.32 Å². The Labute approximate surface area is 229 Å². The second-order valence-electron chi connectivity index (χ2n) is 9.08. The molecule has 0 aliphatic rings. The number of amides is 2. The number of carbonyl (C=O) groups is 2. The lowest BCUT2D eigenvalue weighted by molar-refractivity contribution is -0.140. The monoisotopic (exact) mass is 555 g/mol. The summed E-state index contributed by atoms with van der Waals surface area (Å²) >= 11 is 0. The summed E-state index contributed by atoms with van der Waals surface area (Å²) < 4.78 is 46.6. The van der Waals surface area contributed by atoms with Gasteiger partial charge in [0.15, 0.2) is 0 Å². The zero-order valence-electron chi connectivity index (χ0n) is 22.3. The Morgan fingerprint density at radius 3 is 2.33 bits per heavy atom. The molecule has 10 heteroatoms. The van der Waals surface area contributed by atoms with Crippen molar-refractivity contribution in [3.05, 3.63) is 95.8 Å². The van der Waals surface area contributed by atoms with Crippen molar-refractivity contribution in [2.45, 2.75) is 32.4 Å². The summed E-state index contributed by atoms with van der Waals surface area (Å²) in [5.74, 6) is -1.18. The molecule has 0 aromatic heterocycles. The fourth-order valence-corrected chi connectivity index (χ4v) is 4.95. The van der Waals surface area contributed by atoms with Crippen molar-refractivity contribution >= 4 is 27.5 Å². The maximum absolute atomic E-state index is 14.7. The van der Waals surface area contributed by atoms with Crippen molar-refractivity contribution in [3.63, 3.8) is 0 Å². The fraction of sp³-hybridized carbons (Fsp3) is 0.310. The molecule has 1 N–H and O–H groups in total. The highest BCUT2D eigenvalue weighted by Gasteiger charge is 2.33. The molecule has 0 heterocycles. The van der Waals surface area contributed by atoms with E-state index in [-0.39, 0.29) is 24.2 Å². The number of halogens is 1. The van der Waals surface area contributed by atoms with Gasteiger partial charge < -0.3 is 15.0 Å². The lowest BCUT2D eigenvalue weighted by Gasteiger charge is -2.33. The highest BCUT2D eigenvalue weighted by molar-refractivity contribution is 7.92. The maximum atomic E-state index is 14.7. The largest absolute Gasteiger partial charge is 0.497 e. The van der Waals surface area contributed by atoms with E-state index < -0.39 is 40.2 Å². The molecule has 0 radical (unpaired) electrons. The Morgan fingerprint density at radius 1 is 1.00 bits per heavy atom. The summed E-state index contributed by atoms with van der Waals surface area (Å²) in [6.45, 7) is 1.49. The number of carbonyl (C=O) groups excluding carboxylic acids is 2. The van der Waals surface area contributed by atoms with Gasteiger partial charge in [0.25, 0.3) is 0 Å². The first-order valence-electron chi connectivity index (χ1n) is 12.6. The van der Waals surface area contributed by atoms with Crippen LogP contribution in [0.3, 0.4) is 0 Å². The molecule has 0 saturated heterocycles. The third kappa shape index (κ3) is 8.28. The first kappa shape index (κ1) is 29.6. The van der Waals surface area contributed by atoms with Crippen LogP contribution in [0.5, 0.6) is 5.75 Å². The first-order valence-corrected chi connectivity index (χ1v) is 14.4. The zero-order valence-corrected chi connectivity index (χ0v) is 23.2. The zero-order chi connectivity index (χ0) is 28.4. The molecule has 1 atom stereocenters. The number of nitrogens with zero attached hydrogens (tertiary/aromatic N) is 2. The van der Waals surface area contributed by atoms with Gasteiger partial charge in [0.2, 0.25) is 21.8 Å². The molecule has 2 amide bonds. The van der Waals surface area contributed by atoms with Crippen LogP contribution in [0, 0.1) is 5.82 Å². The second kappa shape index (κ2) is 13.7. The number of anilines is 1. The molecular formula is C29H34FN3O5S. The smallest absolute Gasteiger partial charge is 0.244 e. The Kier molecular flexibility index (Phi) is 10.4. The average molecular weight is 556 g/mol. The van der Waals surface area contributed by atoms with Crippen molar-refractivity contribution in [2.75, 3.05) is 30.8 Å². The van der Waals surface area contributed by atoms with Gasteiger partial charge in [-0.15, -0.1) is 0 Å². The van der Waals surface area contributed by atoms with Crippen LogP contribution >= 0.6 is 0 Å². The number of hydrogen-bond acceptors (Lipinski definition) is 5. The van der Waals surface area contributed by atoms with E-state index in [1.165, 1.54) is 36.3 Å². The van der Waals surface area contributed by atoms with Gasteiger partial charge in [0, 0.05) is 31.1 Å². The minimum absolute atomic E-state index is 0.161. The number of ether oxygens (including phenoxy) is 1. The maximum Gasteiger partial charge on any atom is 0.244 e. The molecule has 39 heavy (non-hydrogen) atoms. The van der Waals surface area contributed by atoms with Crippen LogP contribution in [-0.2, 0) is 32.6 Å². The van der Waals surface area contributed by atoms with E-state index >= 15 is 0 Å². The average Bonchev–Trinajstić information content (AvgIpc) is 2.93. The van der Waals surface area contributed by atoms with Crippen molar-refractivity contribution in [3.8, 4) is 5.75 Å². The van der Waals surface area contributed by atoms with Gasteiger partial charge in [-0.3, -0.25) is 13.9 Å². The third-order valence-electron chi connectivity index (χ3n) is 6.14. The normalized spacial score (nSPS) is 11.9. The Bertz CT molecular complexity index is 1370. The van der Waals surface area contributed by atoms with E-state index in [1.54, 1.807) is 24.3 Å². The fourth-order valence-electron chi connectivity index (χ4n) is 4.11. The van der Waals surface area contributed by atoms with Gasteiger partial charge in [-0.25, -0.2) is 12.8 Å². The standard InChI is InChI=1S/C29H34FN3O5S/c1-4-17-31-29(35)27(18-22-11-6-5-7-12-22)32(20-23-13-8-9-16-26(23)30)28(34)21-33(39(3,36)37)24-14-10-15-25(19-24)38-2/h5-16,19,27H,4,17-18,20-21H2,1-3H3,(H,31,35)/t27-/m1/s1. The Morgan fingerprint density at radius 2 is 1.69 bits per heavy atom. The predicted octanol–water partition coefficient (Wildman–Crippen LogP) is 3.77. The van der Waals surface area contributed by atoms with Crippen molar-refractivity contribution in [1.82, 2.24) is 10.2 Å². The van der Waals surface area contributed by atoms with Crippen LogP contribution in [0.4, 0.5) is 10.1 Å². The molecule has 0 bridgehead atoms. The molecule has 0 aliphatic carbocycles. The lowest BCUT2D eigenvalue weighted by Crippen LogP contribution is -2.53. The molecule has 0 fully saturated rings. The van der Waals surface area contributed by atoms with Crippen LogP contribution in [0.25, 0.3) is 0 Å². The number of rotatable bonds is 13. The number of benzene rings is 3. The topological polar surface area (TPSA) is 96.0 Å². The van der Waals surface area contributed by atoms with E-state index in [0.29, 0.717) is 18.7 Å². The molecule has 3 rings (SSSR count). The summed E-state index contributed by atoms with van der Waals surface area (Å²) in [6, 6.07) is 20.5. The molecule has 3 aromatic carbocycles. The summed E-state index contributed by atoms with van der Waals surface area (Å²) in [5.41, 5.74) is 1.24. The SMILES string of the molecule is CCCNC(=O)[C@@H](Cc1ccccc1)N(Cc1ccccc1F)C(=O)CN(c1cccc(OC)c1)S(C)(=O)=O. The number of hydrogen-bond donors (Lipinski definition) is 1. The van der Waals surface area contributed by atoms with Gasteiger partial charge in [-0.2, -0.15) is 0 Å². The van der Waals surface area contributed by atoms with Gasteiger partial charge in [-0.05, 0) is 30.2 Å². The lowest BCUT2D eigenvalue weighted by atomic mass is 10.0. The van der Waals surface area contributed by atoms with Gasteiger partial charge in [-0.1, -0.05) is 61.5 Å². The highest BCUT2D eigenvalue weighted by Crippen LogP contribution is 2.24. The van der Waals surface area contributed by atoms with E-state index in [1.807, 2.05) is 37.3 Å². The van der Waals surface area contributed by atoms with Gasteiger partial charge in [0.05, 0.1) is 19.1 Å². The van der Waals surface area contributed by atoms with Crippen LogP contribution in [0.15, 0.2) is 78.9 Å². The summed E-state index contributed by atoms with van der Waals surface area (Å²) in [6.07, 6.45) is 1.84. The summed E-state index contributed by atoms with van der Waals surface area (Å²) in [4.78, 5) is 28.6. The summed E-state index contributed by atoms with van der Waals surface area (Å²) in [5, 5.41) is 2.84.